The summed E-state index contributed by atoms with van der Waals surface area (Å²) in [4.78, 5) is 14.0. The second-order valence-electron chi connectivity index (χ2n) is 2.80. The lowest BCUT2D eigenvalue weighted by molar-refractivity contribution is -0.115. The number of aromatic nitrogens is 4. The van der Waals surface area contributed by atoms with Gasteiger partial charge in [0.2, 0.25) is 5.95 Å². The lowest BCUT2D eigenvalue weighted by Gasteiger charge is -2.07. The molecule has 2 aromatic heterocycles. The monoisotopic (exact) mass is 217 g/mol. The summed E-state index contributed by atoms with van der Waals surface area (Å²) in [6, 6.07) is 0. The van der Waals surface area contributed by atoms with Crippen molar-refractivity contribution in [2.24, 2.45) is 0 Å². The number of aromatic amines is 1. The third kappa shape index (κ3) is 2.33. The first-order valence-corrected chi connectivity index (χ1v) is 4.01. The van der Waals surface area contributed by atoms with Gasteiger partial charge in [-0.3, -0.25) is 0 Å². The number of nitrogens with one attached hydrogen (secondary N) is 2. The van der Waals surface area contributed by atoms with Gasteiger partial charge in [-0.25, -0.2) is 9.97 Å². The molecule has 0 spiro atoms. The van der Waals surface area contributed by atoms with Crippen molar-refractivity contribution in [3.8, 4) is 0 Å². The lowest BCUT2D eigenvalue weighted by Crippen LogP contribution is -2.22. The van der Waals surface area contributed by atoms with Gasteiger partial charge in [0.05, 0.1) is 12.5 Å². The first-order valence-electron chi connectivity index (χ1n) is 4.01. The zero-order valence-electron chi connectivity index (χ0n) is 7.34. The van der Waals surface area contributed by atoms with Gasteiger partial charge in [0.1, 0.15) is 12.1 Å². The Hall–Kier alpha value is -1.86. The van der Waals surface area contributed by atoms with Gasteiger partial charge in [-0.2, -0.15) is 18.2 Å². The van der Waals surface area contributed by atoms with Gasteiger partial charge in [-0.15, -0.1) is 0 Å². The highest BCUT2D eigenvalue weighted by Gasteiger charge is 2.27. The van der Waals surface area contributed by atoms with E-state index < -0.39 is 12.7 Å². The topological polar surface area (TPSA) is 66.5 Å². The van der Waals surface area contributed by atoms with Crippen LogP contribution in [-0.4, -0.2) is 32.7 Å². The van der Waals surface area contributed by atoms with Crippen molar-refractivity contribution in [2.75, 3.05) is 11.9 Å². The van der Waals surface area contributed by atoms with E-state index in [2.05, 4.69) is 25.3 Å². The Morgan fingerprint density at radius 2 is 2.13 bits per heavy atom. The minimum Gasteiger partial charge on any atom is -0.345 e. The minimum absolute atomic E-state index is 0.0908. The second kappa shape index (κ2) is 3.37. The van der Waals surface area contributed by atoms with E-state index in [-0.39, 0.29) is 5.95 Å². The molecule has 8 heteroatoms. The smallest absolute Gasteiger partial charge is 0.345 e. The third-order valence-corrected chi connectivity index (χ3v) is 1.62. The molecule has 0 fully saturated rings. The molecule has 0 saturated carbocycles. The predicted molar refractivity (Wildman–Crippen MR) is 46.2 cm³/mol. The number of nitrogens with zero attached hydrogens (tertiary/aromatic N) is 3. The zero-order chi connectivity index (χ0) is 10.9. The van der Waals surface area contributed by atoms with E-state index >= 15 is 0 Å². The normalized spacial score (nSPS) is 11.9. The number of halogens is 3. The lowest BCUT2D eigenvalue weighted by atomic mass is 10.5. The quantitative estimate of drug-likeness (QED) is 0.796. The minimum atomic E-state index is -4.29. The average Bonchev–Trinajstić information content (AvgIpc) is 2.60. The summed E-state index contributed by atoms with van der Waals surface area (Å²) in [5.41, 5.74) is 0.905. The number of hydrogen-bond acceptors (Lipinski definition) is 4. The first kappa shape index (κ1) is 9.69. The Morgan fingerprint density at radius 3 is 2.87 bits per heavy atom. The van der Waals surface area contributed by atoms with Crippen LogP contribution in [0.15, 0.2) is 12.5 Å². The molecule has 0 aliphatic heterocycles. The molecule has 0 atom stereocenters. The zero-order valence-corrected chi connectivity index (χ0v) is 7.34. The number of fused-ring (bicyclic) bond motifs is 1. The van der Waals surface area contributed by atoms with Crippen molar-refractivity contribution in [3.63, 3.8) is 0 Å². The molecule has 5 nitrogen and oxygen atoms in total. The van der Waals surface area contributed by atoms with Gasteiger partial charge >= 0.3 is 6.18 Å². The molecule has 0 saturated heterocycles. The standard InChI is InChI=1S/C7H6F3N5/c8-7(9,10)2-12-6-11-1-4-5(15-6)14-3-13-4/h1,3H,2H2,(H2,11,12,13,14,15). The molecule has 0 radical (unpaired) electrons. The van der Waals surface area contributed by atoms with Crippen molar-refractivity contribution >= 4 is 17.1 Å². The molecule has 80 valence electrons. The van der Waals surface area contributed by atoms with E-state index in [1.54, 1.807) is 0 Å². The first-order chi connectivity index (χ1) is 7.04. The SMILES string of the molecule is FC(F)(F)CNc1ncc2[nH]cnc2n1. The molecule has 0 aliphatic rings. The summed E-state index contributed by atoms with van der Waals surface area (Å²) >= 11 is 0. The molecule has 0 amide bonds. The van der Waals surface area contributed by atoms with E-state index in [9.17, 15) is 13.2 Å². The number of imidazole rings is 1. The Labute approximate surface area is 81.8 Å². The van der Waals surface area contributed by atoms with Crippen LogP contribution in [0.5, 0.6) is 0 Å². The maximum atomic E-state index is 11.9. The number of H-pyrrole nitrogens is 1. The highest BCUT2D eigenvalue weighted by atomic mass is 19.4. The van der Waals surface area contributed by atoms with Crippen molar-refractivity contribution in [2.45, 2.75) is 6.18 Å². The number of anilines is 1. The van der Waals surface area contributed by atoms with E-state index in [1.165, 1.54) is 12.5 Å². The maximum absolute atomic E-state index is 11.9. The van der Waals surface area contributed by atoms with Crippen LogP contribution in [0.4, 0.5) is 19.1 Å². The summed E-state index contributed by atoms with van der Waals surface area (Å²) in [7, 11) is 0. The molecule has 2 aromatic rings. The molecule has 2 rings (SSSR count). The molecule has 0 aromatic carbocycles. The fourth-order valence-corrected chi connectivity index (χ4v) is 1.00. The predicted octanol–water partition coefficient (Wildman–Crippen LogP) is 1.33. The van der Waals surface area contributed by atoms with Gasteiger partial charge in [-0.05, 0) is 0 Å². The van der Waals surface area contributed by atoms with Crippen molar-refractivity contribution in [1.29, 1.82) is 0 Å². The molecule has 2 N–H and O–H groups in total. The molecule has 2 heterocycles. The fourth-order valence-electron chi connectivity index (χ4n) is 1.00. The molecule has 0 bridgehead atoms. The molecular weight excluding hydrogens is 211 g/mol. The summed E-state index contributed by atoms with van der Waals surface area (Å²) in [5, 5.41) is 2.07. The van der Waals surface area contributed by atoms with Crippen LogP contribution in [0.3, 0.4) is 0 Å². The second-order valence-corrected chi connectivity index (χ2v) is 2.80. The van der Waals surface area contributed by atoms with Crippen LogP contribution >= 0.6 is 0 Å². The Bertz CT molecular complexity index is 463. The van der Waals surface area contributed by atoms with Crippen molar-refractivity contribution in [1.82, 2.24) is 19.9 Å². The van der Waals surface area contributed by atoms with Crippen molar-refractivity contribution in [3.05, 3.63) is 12.5 Å². The Balaban J connectivity index is 2.15. The summed E-state index contributed by atoms with van der Waals surface area (Å²) < 4.78 is 35.6. The van der Waals surface area contributed by atoms with Crippen LogP contribution in [0.1, 0.15) is 0 Å². The van der Waals surface area contributed by atoms with Crippen LogP contribution in [0, 0.1) is 0 Å². The van der Waals surface area contributed by atoms with Crippen LogP contribution in [0.25, 0.3) is 11.2 Å². The van der Waals surface area contributed by atoms with E-state index in [0.717, 1.165) is 0 Å². The van der Waals surface area contributed by atoms with Gasteiger partial charge in [0, 0.05) is 0 Å². The van der Waals surface area contributed by atoms with Crippen molar-refractivity contribution < 1.29 is 13.2 Å². The average molecular weight is 217 g/mol. The number of rotatable bonds is 2. The van der Waals surface area contributed by atoms with Gasteiger partial charge in [0.25, 0.3) is 0 Å². The molecule has 15 heavy (non-hydrogen) atoms. The fraction of sp³-hybridized carbons (Fsp3) is 0.286. The summed E-state index contributed by atoms with van der Waals surface area (Å²) in [6.45, 7) is -1.16. The van der Waals surface area contributed by atoms with E-state index in [4.69, 9.17) is 0 Å². The highest BCUT2D eigenvalue weighted by molar-refractivity contribution is 5.69. The molecule has 0 unspecified atom stereocenters. The van der Waals surface area contributed by atoms with Crippen LogP contribution < -0.4 is 5.32 Å². The van der Waals surface area contributed by atoms with Crippen LogP contribution in [0.2, 0.25) is 0 Å². The van der Waals surface area contributed by atoms with Crippen LogP contribution in [-0.2, 0) is 0 Å². The summed E-state index contributed by atoms with van der Waals surface area (Å²) in [6.07, 6.45) is -1.52. The van der Waals surface area contributed by atoms with Gasteiger partial charge < -0.3 is 10.3 Å². The van der Waals surface area contributed by atoms with Gasteiger partial charge in [0.15, 0.2) is 5.65 Å². The molecule has 0 aliphatic carbocycles. The Morgan fingerprint density at radius 1 is 1.33 bits per heavy atom. The number of hydrogen-bond donors (Lipinski definition) is 2. The highest BCUT2D eigenvalue weighted by Crippen LogP contribution is 2.15. The van der Waals surface area contributed by atoms with Gasteiger partial charge in [-0.1, -0.05) is 0 Å². The number of alkyl halides is 3. The van der Waals surface area contributed by atoms with E-state index in [0.29, 0.717) is 11.2 Å². The third-order valence-electron chi connectivity index (χ3n) is 1.62. The van der Waals surface area contributed by atoms with E-state index in [1.807, 2.05) is 0 Å². The largest absolute Gasteiger partial charge is 0.405 e. The molecular formula is C7H6F3N5. The Kier molecular flexibility index (Phi) is 2.18. The summed E-state index contributed by atoms with van der Waals surface area (Å²) in [5.74, 6) is -0.0908. The maximum Gasteiger partial charge on any atom is 0.405 e.